The van der Waals surface area contributed by atoms with Crippen LogP contribution in [0.15, 0.2) is 6.07 Å². The maximum atomic E-state index is 5.12. The molecule has 32 heavy (non-hydrogen) atoms. The average Bonchev–Trinajstić information content (AvgIpc) is 2.66. The van der Waals surface area contributed by atoms with Crippen LogP contribution in [0.3, 0.4) is 0 Å². The van der Waals surface area contributed by atoms with Crippen molar-refractivity contribution in [3.63, 3.8) is 0 Å². The molecule has 3 aromatic heterocycles. The van der Waals surface area contributed by atoms with Crippen molar-refractivity contribution in [1.29, 1.82) is 0 Å². The summed E-state index contributed by atoms with van der Waals surface area (Å²) in [5.41, 5.74) is 11.6. The zero-order valence-electron chi connectivity index (χ0n) is 21.8. The molecule has 5 heteroatoms. The molecular weight excluding hydrogens is 394 g/mol. The minimum atomic E-state index is -0.357. The fraction of sp³-hybridized carbons (Fsp3) is 0.519. The summed E-state index contributed by atoms with van der Waals surface area (Å²) in [5, 5.41) is 0. The van der Waals surface area contributed by atoms with Crippen molar-refractivity contribution in [3.05, 3.63) is 74.1 Å². The third kappa shape index (κ3) is 3.94. The lowest BCUT2D eigenvalue weighted by molar-refractivity contribution is 0.562. The summed E-state index contributed by atoms with van der Waals surface area (Å²) in [6.07, 6.45) is 0. The van der Waals surface area contributed by atoms with E-state index in [1.165, 1.54) is 11.1 Å². The van der Waals surface area contributed by atoms with Gasteiger partial charge in [0, 0.05) is 11.1 Å². The smallest absolute Gasteiger partial charge is 0.0735 e. The lowest BCUT2D eigenvalue weighted by Gasteiger charge is -2.32. The number of hydrogen-bond donors (Lipinski definition) is 0. The fourth-order valence-corrected chi connectivity index (χ4v) is 4.95. The molecular formula is C27H37N5. The second-order valence-electron chi connectivity index (χ2n) is 10.2. The summed E-state index contributed by atoms with van der Waals surface area (Å²) in [7, 11) is 0. The molecule has 0 unspecified atom stereocenters. The van der Waals surface area contributed by atoms with Gasteiger partial charge in [0.05, 0.1) is 56.7 Å². The maximum Gasteiger partial charge on any atom is 0.0735 e. The monoisotopic (exact) mass is 431 g/mol. The van der Waals surface area contributed by atoms with Crippen LogP contribution >= 0.6 is 0 Å². The summed E-state index contributed by atoms with van der Waals surface area (Å²) in [6, 6.07) is 2.21. The molecule has 0 saturated heterocycles. The molecule has 0 aliphatic heterocycles. The Balaban J connectivity index is 2.17. The lowest BCUT2D eigenvalue weighted by Crippen LogP contribution is -2.29. The second kappa shape index (κ2) is 8.02. The van der Waals surface area contributed by atoms with Gasteiger partial charge < -0.3 is 0 Å². The van der Waals surface area contributed by atoms with Crippen molar-refractivity contribution < 1.29 is 0 Å². The van der Waals surface area contributed by atoms with Crippen molar-refractivity contribution in [1.82, 2.24) is 24.9 Å². The highest BCUT2D eigenvalue weighted by Gasteiger charge is 2.35. The van der Waals surface area contributed by atoms with E-state index >= 15 is 0 Å². The molecule has 0 aliphatic carbocycles. The molecule has 0 bridgehead atoms. The molecule has 0 saturated carbocycles. The summed E-state index contributed by atoms with van der Waals surface area (Å²) >= 11 is 0. The summed E-state index contributed by atoms with van der Waals surface area (Å²) in [6.45, 7) is 25.2. The van der Waals surface area contributed by atoms with Crippen LogP contribution in [0.5, 0.6) is 0 Å². The molecule has 5 nitrogen and oxygen atoms in total. The Labute approximate surface area is 193 Å². The van der Waals surface area contributed by atoms with Gasteiger partial charge in [-0.15, -0.1) is 0 Å². The SMILES string of the molecule is Cc1cc(C(C)(C)c2nc(C)c(C)nc2C)nc(C)c1C(C)(C)c1nc(C)c(C)nc1C. The molecule has 0 amide bonds. The quantitative estimate of drug-likeness (QED) is 0.524. The first-order valence-electron chi connectivity index (χ1n) is 11.3. The van der Waals surface area contributed by atoms with E-state index in [4.69, 9.17) is 24.9 Å². The topological polar surface area (TPSA) is 64.5 Å². The lowest BCUT2D eigenvalue weighted by atomic mass is 9.75. The van der Waals surface area contributed by atoms with Gasteiger partial charge in [0.25, 0.3) is 0 Å². The molecule has 0 radical (unpaired) electrons. The third-order valence-corrected chi connectivity index (χ3v) is 6.81. The highest BCUT2D eigenvalue weighted by molar-refractivity contribution is 5.46. The van der Waals surface area contributed by atoms with Gasteiger partial charge in [0.1, 0.15) is 0 Å². The number of hydrogen-bond acceptors (Lipinski definition) is 5. The van der Waals surface area contributed by atoms with Crippen molar-refractivity contribution >= 4 is 0 Å². The summed E-state index contributed by atoms with van der Waals surface area (Å²) < 4.78 is 0. The molecule has 0 fully saturated rings. The molecule has 0 aliphatic rings. The van der Waals surface area contributed by atoms with Gasteiger partial charge >= 0.3 is 0 Å². The van der Waals surface area contributed by atoms with Crippen LogP contribution in [0, 0.1) is 55.4 Å². The van der Waals surface area contributed by atoms with E-state index in [0.29, 0.717) is 0 Å². The molecule has 170 valence electrons. The minimum Gasteiger partial charge on any atom is -0.257 e. The Hall–Kier alpha value is -2.69. The molecule has 3 heterocycles. The van der Waals surface area contributed by atoms with Gasteiger partial charge in [0.15, 0.2) is 0 Å². The molecule has 0 spiro atoms. The van der Waals surface area contributed by atoms with E-state index in [1.807, 2.05) is 41.5 Å². The maximum absolute atomic E-state index is 5.12. The van der Waals surface area contributed by atoms with E-state index in [1.54, 1.807) is 0 Å². The number of rotatable bonds is 4. The van der Waals surface area contributed by atoms with E-state index < -0.39 is 0 Å². The molecule has 3 rings (SSSR count). The van der Waals surface area contributed by atoms with Crippen LogP contribution in [0.1, 0.15) is 95.8 Å². The van der Waals surface area contributed by atoms with Crippen LogP contribution < -0.4 is 0 Å². The standard InChI is InChI=1S/C27H37N5/c1-14-13-22(26(9,10)24-20(7)28-15(2)17(4)31-24)30-19(6)23(14)27(11,12)25-21(8)29-16(3)18(5)32-25/h13H,1-12H3. The molecule has 0 aromatic carbocycles. The predicted molar refractivity (Wildman–Crippen MR) is 130 cm³/mol. The van der Waals surface area contributed by atoms with Crippen molar-refractivity contribution in [2.24, 2.45) is 0 Å². The fourth-order valence-electron chi connectivity index (χ4n) is 4.95. The predicted octanol–water partition coefficient (Wildman–Crippen LogP) is 5.78. The number of nitrogens with zero attached hydrogens (tertiary/aromatic N) is 5. The average molecular weight is 432 g/mol. The highest BCUT2D eigenvalue weighted by Crippen LogP contribution is 2.38. The van der Waals surface area contributed by atoms with E-state index in [-0.39, 0.29) is 10.8 Å². The van der Waals surface area contributed by atoms with Crippen LogP contribution in [-0.4, -0.2) is 24.9 Å². The number of aromatic nitrogens is 5. The summed E-state index contributed by atoms with van der Waals surface area (Å²) in [5.74, 6) is 0. The van der Waals surface area contributed by atoms with Gasteiger partial charge in [-0.2, -0.15) is 0 Å². The first-order chi connectivity index (χ1) is 14.7. The first-order valence-corrected chi connectivity index (χ1v) is 11.3. The van der Waals surface area contributed by atoms with Gasteiger partial charge in [-0.1, -0.05) is 13.8 Å². The van der Waals surface area contributed by atoms with Crippen LogP contribution in [0.2, 0.25) is 0 Å². The Morgan fingerprint density at radius 2 is 0.875 bits per heavy atom. The minimum absolute atomic E-state index is 0.310. The van der Waals surface area contributed by atoms with E-state index in [2.05, 4.69) is 47.6 Å². The Kier molecular flexibility index (Phi) is 6.01. The molecule has 0 N–H and O–H groups in total. The molecule has 3 aromatic rings. The number of pyridine rings is 1. The highest BCUT2D eigenvalue weighted by atomic mass is 14.9. The van der Waals surface area contributed by atoms with Gasteiger partial charge in [-0.25, -0.2) is 0 Å². The first kappa shape index (κ1) is 24.0. The summed E-state index contributed by atoms with van der Waals surface area (Å²) in [4.78, 5) is 24.4. The van der Waals surface area contributed by atoms with Gasteiger partial charge in [-0.3, -0.25) is 24.9 Å². The normalized spacial score (nSPS) is 12.4. The Morgan fingerprint density at radius 3 is 1.31 bits per heavy atom. The van der Waals surface area contributed by atoms with Gasteiger partial charge in [0.2, 0.25) is 0 Å². The third-order valence-electron chi connectivity index (χ3n) is 6.81. The Morgan fingerprint density at radius 1 is 0.469 bits per heavy atom. The van der Waals surface area contributed by atoms with Crippen LogP contribution in [0.25, 0.3) is 0 Å². The molecule has 0 atom stereocenters. The van der Waals surface area contributed by atoms with Crippen LogP contribution in [0.4, 0.5) is 0 Å². The van der Waals surface area contributed by atoms with Crippen molar-refractivity contribution in [2.75, 3.05) is 0 Å². The number of aryl methyl sites for hydroxylation is 8. The Bertz CT molecular complexity index is 1180. The van der Waals surface area contributed by atoms with Crippen molar-refractivity contribution in [2.45, 2.75) is 93.9 Å². The second-order valence-corrected chi connectivity index (χ2v) is 10.2. The van der Waals surface area contributed by atoms with E-state index in [9.17, 15) is 0 Å². The zero-order chi connectivity index (χ0) is 24.2. The largest absolute Gasteiger partial charge is 0.257 e. The van der Waals surface area contributed by atoms with Gasteiger partial charge in [-0.05, 0) is 86.4 Å². The zero-order valence-corrected chi connectivity index (χ0v) is 21.8. The van der Waals surface area contributed by atoms with Crippen LogP contribution in [-0.2, 0) is 10.8 Å². The van der Waals surface area contributed by atoms with E-state index in [0.717, 1.165) is 56.9 Å². The van der Waals surface area contributed by atoms with Crippen molar-refractivity contribution in [3.8, 4) is 0 Å².